The van der Waals surface area contributed by atoms with Crippen LogP contribution in [-0.2, 0) is 6.42 Å². The lowest BCUT2D eigenvalue weighted by atomic mass is 9.70. The van der Waals surface area contributed by atoms with E-state index in [0.29, 0.717) is 5.92 Å². The van der Waals surface area contributed by atoms with Crippen LogP contribution in [0, 0.1) is 5.92 Å². The van der Waals surface area contributed by atoms with Gasteiger partial charge in [0.25, 0.3) is 0 Å². The predicted octanol–water partition coefficient (Wildman–Crippen LogP) is 3.35. The number of fused-ring (bicyclic) bond motifs is 1. The molecule has 1 saturated carbocycles. The first kappa shape index (κ1) is 12.0. The fourth-order valence-corrected chi connectivity index (χ4v) is 3.69. The molecule has 1 fully saturated rings. The van der Waals surface area contributed by atoms with Crippen LogP contribution in [0.5, 0.6) is 0 Å². The monoisotopic (exact) mass is 245 g/mol. The van der Waals surface area contributed by atoms with Crippen molar-refractivity contribution in [2.45, 2.75) is 57.1 Å². The van der Waals surface area contributed by atoms with E-state index < -0.39 is 5.60 Å². The van der Waals surface area contributed by atoms with Crippen molar-refractivity contribution in [2.24, 2.45) is 5.92 Å². The van der Waals surface area contributed by atoms with Gasteiger partial charge in [-0.3, -0.25) is 0 Å². The average Bonchev–Trinajstić information content (AvgIpc) is 2.42. The third-order valence-electron chi connectivity index (χ3n) is 4.97. The Labute approximate surface area is 109 Å². The molecule has 2 aliphatic rings. The van der Waals surface area contributed by atoms with Crippen LogP contribution >= 0.6 is 0 Å². The molecule has 0 saturated heterocycles. The van der Waals surface area contributed by atoms with Gasteiger partial charge in [-0.15, -0.1) is 0 Å². The first-order valence-corrected chi connectivity index (χ1v) is 7.27. The number of aliphatic hydroxyl groups is 1. The van der Waals surface area contributed by atoms with Crippen LogP contribution in [0.1, 0.15) is 44.6 Å². The molecular formula is C16H23NO. The quantitative estimate of drug-likeness (QED) is 0.795. The maximum absolute atomic E-state index is 11.0. The summed E-state index contributed by atoms with van der Waals surface area (Å²) in [6.45, 7) is 2.21. The van der Waals surface area contributed by atoms with E-state index in [1.165, 1.54) is 24.1 Å². The van der Waals surface area contributed by atoms with Crippen molar-refractivity contribution in [3.8, 4) is 0 Å². The van der Waals surface area contributed by atoms with Crippen molar-refractivity contribution in [2.75, 3.05) is 5.32 Å². The molecule has 0 spiro atoms. The molecule has 0 amide bonds. The van der Waals surface area contributed by atoms with Gasteiger partial charge in [0.2, 0.25) is 0 Å². The van der Waals surface area contributed by atoms with E-state index in [-0.39, 0.29) is 6.04 Å². The van der Waals surface area contributed by atoms with Gasteiger partial charge >= 0.3 is 0 Å². The SMILES string of the molecule is CC1CCCCC1(O)C1CCc2ccccc2N1. The van der Waals surface area contributed by atoms with Crippen LogP contribution in [0.3, 0.4) is 0 Å². The summed E-state index contributed by atoms with van der Waals surface area (Å²) in [4.78, 5) is 0. The second-order valence-electron chi connectivity index (χ2n) is 6.03. The van der Waals surface area contributed by atoms with Gasteiger partial charge < -0.3 is 10.4 Å². The Hall–Kier alpha value is -1.02. The molecule has 3 atom stereocenters. The van der Waals surface area contributed by atoms with Crippen LogP contribution in [0.15, 0.2) is 24.3 Å². The van der Waals surface area contributed by atoms with Crippen molar-refractivity contribution >= 4 is 5.69 Å². The highest BCUT2D eigenvalue weighted by Gasteiger charge is 2.43. The van der Waals surface area contributed by atoms with Crippen LogP contribution in [0.25, 0.3) is 0 Å². The van der Waals surface area contributed by atoms with Crippen molar-refractivity contribution in [3.63, 3.8) is 0 Å². The standard InChI is InChI=1S/C16H23NO/c1-12-6-4-5-11-16(12,18)15-10-9-13-7-2-3-8-14(13)17-15/h2-3,7-8,12,15,17-18H,4-6,9-11H2,1H3. The van der Waals surface area contributed by atoms with E-state index in [1.807, 2.05) is 0 Å². The summed E-state index contributed by atoms with van der Waals surface area (Å²) >= 11 is 0. The van der Waals surface area contributed by atoms with Gasteiger partial charge in [0.15, 0.2) is 0 Å². The van der Waals surface area contributed by atoms with Gasteiger partial charge in [-0.05, 0) is 43.2 Å². The van der Waals surface area contributed by atoms with Gasteiger partial charge in [0.1, 0.15) is 0 Å². The van der Waals surface area contributed by atoms with Gasteiger partial charge in [-0.1, -0.05) is 38.0 Å². The lowest BCUT2D eigenvalue weighted by Gasteiger charge is -2.46. The molecule has 1 heterocycles. The smallest absolute Gasteiger partial charge is 0.0873 e. The number of para-hydroxylation sites is 1. The van der Waals surface area contributed by atoms with E-state index in [1.54, 1.807) is 0 Å². The van der Waals surface area contributed by atoms with Crippen LogP contribution < -0.4 is 5.32 Å². The van der Waals surface area contributed by atoms with E-state index in [9.17, 15) is 5.11 Å². The summed E-state index contributed by atoms with van der Waals surface area (Å²) in [5, 5.41) is 14.6. The number of hydrogen-bond donors (Lipinski definition) is 2. The molecule has 1 aromatic carbocycles. The maximum atomic E-state index is 11.0. The Morgan fingerprint density at radius 2 is 2.06 bits per heavy atom. The predicted molar refractivity (Wildman–Crippen MR) is 74.8 cm³/mol. The van der Waals surface area contributed by atoms with Crippen LogP contribution in [-0.4, -0.2) is 16.7 Å². The van der Waals surface area contributed by atoms with E-state index >= 15 is 0 Å². The Morgan fingerprint density at radius 1 is 1.22 bits per heavy atom. The minimum Gasteiger partial charge on any atom is -0.387 e. The molecule has 3 rings (SSSR count). The zero-order valence-corrected chi connectivity index (χ0v) is 11.2. The second kappa shape index (κ2) is 4.58. The Bertz CT molecular complexity index is 431. The summed E-state index contributed by atoms with van der Waals surface area (Å²) in [6, 6.07) is 8.72. The summed E-state index contributed by atoms with van der Waals surface area (Å²) in [7, 11) is 0. The molecular weight excluding hydrogens is 222 g/mol. The summed E-state index contributed by atoms with van der Waals surface area (Å²) < 4.78 is 0. The highest BCUT2D eigenvalue weighted by Crippen LogP contribution is 2.40. The molecule has 2 nitrogen and oxygen atoms in total. The molecule has 2 N–H and O–H groups in total. The summed E-state index contributed by atoms with van der Waals surface area (Å²) in [6.07, 6.45) is 6.69. The highest BCUT2D eigenvalue weighted by atomic mass is 16.3. The largest absolute Gasteiger partial charge is 0.387 e. The number of hydrogen-bond acceptors (Lipinski definition) is 2. The van der Waals surface area contributed by atoms with Gasteiger partial charge in [0, 0.05) is 5.69 Å². The van der Waals surface area contributed by atoms with Gasteiger partial charge in [-0.25, -0.2) is 0 Å². The minimum absolute atomic E-state index is 0.225. The highest BCUT2D eigenvalue weighted by molar-refractivity contribution is 5.54. The molecule has 3 unspecified atom stereocenters. The summed E-state index contributed by atoms with van der Waals surface area (Å²) in [5.41, 5.74) is 2.10. The van der Waals surface area contributed by atoms with E-state index in [0.717, 1.165) is 25.7 Å². The normalized spacial score (nSPS) is 35.7. The Kier molecular flexibility index (Phi) is 3.06. The van der Waals surface area contributed by atoms with Crippen LogP contribution in [0.2, 0.25) is 0 Å². The molecule has 1 aromatic rings. The van der Waals surface area contributed by atoms with Gasteiger partial charge in [0.05, 0.1) is 11.6 Å². The number of rotatable bonds is 1. The van der Waals surface area contributed by atoms with Gasteiger partial charge in [-0.2, -0.15) is 0 Å². The molecule has 1 aliphatic carbocycles. The lowest BCUT2D eigenvalue weighted by Crippen LogP contribution is -2.54. The molecule has 2 heteroatoms. The number of nitrogens with one attached hydrogen (secondary N) is 1. The number of aryl methyl sites for hydroxylation is 1. The molecule has 1 aliphatic heterocycles. The molecule has 0 bridgehead atoms. The maximum Gasteiger partial charge on any atom is 0.0873 e. The topological polar surface area (TPSA) is 32.3 Å². The average molecular weight is 245 g/mol. The zero-order chi connectivity index (χ0) is 12.6. The van der Waals surface area contributed by atoms with Crippen molar-refractivity contribution in [1.29, 1.82) is 0 Å². The first-order valence-electron chi connectivity index (χ1n) is 7.27. The third kappa shape index (κ3) is 1.93. The van der Waals surface area contributed by atoms with Crippen molar-refractivity contribution in [3.05, 3.63) is 29.8 Å². The number of benzene rings is 1. The Morgan fingerprint density at radius 3 is 2.89 bits per heavy atom. The van der Waals surface area contributed by atoms with Crippen molar-refractivity contribution in [1.82, 2.24) is 0 Å². The fraction of sp³-hybridized carbons (Fsp3) is 0.625. The van der Waals surface area contributed by atoms with Crippen molar-refractivity contribution < 1.29 is 5.11 Å². The fourth-order valence-electron chi connectivity index (χ4n) is 3.69. The molecule has 18 heavy (non-hydrogen) atoms. The van der Waals surface area contributed by atoms with Crippen LogP contribution in [0.4, 0.5) is 5.69 Å². The second-order valence-corrected chi connectivity index (χ2v) is 6.03. The molecule has 0 aromatic heterocycles. The third-order valence-corrected chi connectivity index (χ3v) is 4.97. The molecule has 98 valence electrons. The minimum atomic E-state index is -0.508. The van der Waals surface area contributed by atoms with E-state index in [2.05, 4.69) is 36.5 Å². The first-order chi connectivity index (χ1) is 8.70. The van der Waals surface area contributed by atoms with E-state index in [4.69, 9.17) is 0 Å². The lowest BCUT2D eigenvalue weighted by molar-refractivity contribution is -0.0587. The zero-order valence-electron chi connectivity index (χ0n) is 11.2. The Balaban J connectivity index is 1.82. The number of anilines is 1. The molecule has 0 radical (unpaired) electrons. The summed E-state index contributed by atoms with van der Waals surface area (Å²) in [5.74, 6) is 0.411.